The Morgan fingerprint density at radius 2 is 1.96 bits per heavy atom. The third-order valence-corrected chi connectivity index (χ3v) is 3.17. The zero-order chi connectivity index (χ0) is 19.3. The van der Waals surface area contributed by atoms with Crippen LogP contribution in [0.2, 0.25) is 0 Å². The van der Waals surface area contributed by atoms with Crippen molar-refractivity contribution in [2.75, 3.05) is 25.6 Å². The molecule has 0 aliphatic carbocycles. The molecule has 0 saturated carbocycles. The summed E-state index contributed by atoms with van der Waals surface area (Å²) in [6.07, 6.45) is -3.77. The Morgan fingerprint density at radius 3 is 2.54 bits per heavy atom. The molecular weight excluding hydrogens is 359 g/mol. The van der Waals surface area contributed by atoms with E-state index in [0.29, 0.717) is 6.07 Å². The molecule has 0 unspecified atom stereocenters. The van der Waals surface area contributed by atoms with Crippen molar-refractivity contribution in [2.24, 2.45) is 0 Å². The van der Waals surface area contributed by atoms with Crippen LogP contribution in [0.3, 0.4) is 0 Å². The Labute approximate surface area is 145 Å². The standard InChI is InChI=1S/C16H14F3NO6/c1-24-4-5-25-12-3-2-10(16(17,18)19)7-11(12)20-14(21)13-6-9(8-26-13)15(22)23/h2-3,6-8H,4-5H2,1H3,(H,20,21)(H,22,23). The first kappa shape index (κ1) is 19.3. The maximum atomic E-state index is 12.9. The number of carbonyl (C=O) groups is 2. The van der Waals surface area contributed by atoms with E-state index < -0.39 is 23.6 Å². The van der Waals surface area contributed by atoms with E-state index in [1.807, 2.05) is 0 Å². The lowest BCUT2D eigenvalue weighted by molar-refractivity contribution is -0.137. The number of carboxylic acids is 1. The molecule has 140 valence electrons. The van der Waals surface area contributed by atoms with E-state index in [4.69, 9.17) is 19.0 Å². The number of methoxy groups -OCH3 is 1. The molecular formula is C16H14F3NO6. The van der Waals surface area contributed by atoms with Gasteiger partial charge in [0.15, 0.2) is 5.76 Å². The molecule has 10 heteroatoms. The molecule has 1 aromatic heterocycles. The highest BCUT2D eigenvalue weighted by molar-refractivity contribution is 6.04. The molecule has 0 aliphatic heterocycles. The number of rotatable bonds is 7. The number of furan rings is 1. The zero-order valence-corrected chi connectivity index (χ0v) is 13.4. The summed E-state index contributed by atoms with van der Waals surface area (Å²) in [5.41, 5.74) is -1.50. The first-order valence-corrected chi connectivity index (χ1v) is 7.18. The quantitative estimate of drug-likeness (QED) is 0.723. The van der Waals surface area contributed by atoms with Crippen molar-refractivity contribution in [1.82, 2.24) is 0 Å². The molecule has 26 heavy (non-hydrogen) atoms. The van der Waals surface area contributed by atoms with Crippen molar-refractivity contribution in [3.63, 3.8) is 0 Å². The average Bonchev–Trinajstić information content (AvgIpc) is 3.06. The number of nitrogens with one attached hydrogen (secondary N) is 1. The van der Waals surface area contributed by atoms with Crippen molar-refractivity contribution in [3.05, 3.63) is 47.4 Å². The fourth-order valence-corrected chi connectivity index (χ4v) is 1.92. The minimum Gasteiger partial charge on any atom is -0.489 e. The van der Waals surface area contributed by atoms with Gasteiger partial charge in [-0.05, 0) is 18.2 Å². The van der Waals surface area contributed by atoms with Gasteiger partial charge >= 0.3 is 12.1 Å². The van der Waals surface area contributed by atoms with Crippen LogP contribution in [0.1, 0.15) is 26.5 Å². The van der Waals surface area contributed by atoms with Crippen LogP contribution in [0.4, 0.5) is 18.9 Å². The Bertz CT molecular complexity index is 800. The highest BCUT2D eigenvalue weighted by Gasteiger charge is 2.31. The van der Waals surface area contributed by atoms with Crippen LogP contribution >= 0.6 is 0 Å². The van der Waals surface area contributed by atoms with Crippen LogP contribution in [0.15, 0.2) is 34.9 Å². The third kappa shape index (κ3) is 4.76. The summed E-state index contributed by atoms with van der Waals surface area (Å²) >= 11 is 0. The van der Waals surface area contributed by atoms with Gasteiger partial charge in [-0.3, -0.25) is 4.79 Å². The van der Waals surface area contributed by atoms with Crippen molar-refractivity contribution in [1.29, 1.82) is 0 Å². The second kappa shape index (κ2) is 7.91. The summed E-state index contributed by atoms with van der Waals surface area (Å²) in [6.45, 7) is 0.239. The van der Waals surface area contributed by atoms with Gasteiger partial charge in [0.1, 0.15) is 18.6 Å². The molecule has 0 fully saturated rings. The number of hydrogen-bond acceptors (Lipinski definition) is 5. The number of carbonyl (C=O) groups excluding carboxylic acids is 1. The summed E-state index contributed by atoms with van der Waals surface area (Å²) in [4.78, 5) is 22.9. The first-order chi connectivity index (χ1) is 12.2. The molecule has 0 saturated heterocycles. The number of aromatic carboxylic acids is 1. The van der Waals surface area contributed by atoms with Gasteiger partial charge in [0.2, 0.25) is 0 Å². The van der Waals surface area contributed by atoms with Crippen LogP contribution in [-0.4, -0.2) is 37.3 Å². The Morgan fingerprint density at radius 1 is 1.23 bits per heavy atom. The van der Waals surface area contributed by atoms with Crippen molar-refractivity contribution in [3.8, 4) is 5.75 Å². The molecule has 0 radical (unpaired) electrons. The number of halogens is 3. The van der Waals surface area contributed by atoms with Crippen LogP contribution in [0, 0.1) is 0 Å². The fraction of sp³-hybridized carbons (Fsp3) is 0.250. The van der Waals surface area contributed by atoms with Crippen LogP contribution in [-0.2, 0) is 10.9 Å². The SMILES string of the molecule is COCCOc1ccc(C(F)(F)F)cc1NC(=O)c1cc(C(=O)O)co1. The summed E-state index contributed by atoms with van der Waals surface area (Å²) in [6, 6.07) is 3.55. The Kier molecular flexibility index (Phi) is 5.88. The molecule has 7 nitrogen and oxygen atoms in total. The third-order valence-electron chi connectivity index (χ3n) is 3.17. The van der Waals surface area contributed by atoms with Gasteiger partial charge in [0, 0.05) is 13.2 Å². The molecule has 1 aromatic carbocycles. The number of ether oxygens (including phenoxy) is 2. The van der Waals surface area contributed by atoms with E-state index in [1.165, 1.54) is 7.11 Å². The van der Waals surface area contributed by atoms with E-state index in [9.17, 15) is 22.8 Å². The lowest BCUT2D eigenvalue weighted by atomic mass is 10.1. The van der Waals surface area contributed by atoms with Crippen LogP contribution in [0.5, 0.6) is 5.75 Å². The molecule has 0 bridgehead atoms. The lowest BCUT2D eigenvalue weighted by Gasteiger charge is -2.14. The molecule has 0 aliphatic rings. The second-order valence-corrected chi connectivity index (χ2v) is 5.01. The molecule has 0 atom stereocenters. The fourth-order valence-electron chi connectivity index (χ4n) is 1.92. The van der Waals surface area contributed by atoms with Crippen LogP contribution < -0.4 is 10.1 Å². The van der Waals surface area contributed by atoms with E-state index in [2.05, 4.69) is 5.32 Å². The number of amides is 1. The van der Waals surface area contributed by atoms with E-state index in [-0.39, 0.29) is 36.0 Å². The Balaban J connectivity index is 2.27. The molecule has 2 N–H and O–H groups in total. The highest BCUT2D eigenvalue weighted by Crippen LogP contribution is 2.35. The molecule has 1 amide bonds. The second-order valence-electron chi connectivity index (χ2n) is 5.01. The number of anilines is 1. The van der Waals surface area contributed by atoms with Gasteiger partial charge in [-0.15, -0.1) is 0 Å². The van der Waals surface area contributed by atoms with Gasteiger partial charge in [-0.2, -0.15) is 13.2 Å². The van der Waals surface area contributed by atoms with Crippen molar-refractivity contribution >= 4 is 17.6 Å². The Hall–Kier alpha value is -3.01. The monoisotopic (exact) mass is 373 g/mol. The maximum absolute atomic E-state index is 12.9. The number of hydrogen-bond donors (Lipinski definition) is 2. The van der Waals surface area contributed by atoms with Crippen molar-refractivity contribution in [2.45, 2.75) is 6.18 Å². The maximum Gasteiger partial charge on any atom is 0.416 e. The predicted molar refractivity (Wildman–Crippen MR) is 82.4 cm³/mol. The van der Waals surface area contributed by atoms with Gasteiger partial charge in [0.05, 0.1) is 23.4 Å². The summed E-state index contributed by atoms with van der Waals surface area (Å²) in [7, 11) is 1.43. The van der Waals surface area contributed by atoms with E-state index in [1.54, 1.807) is 0 Å². The van der Waals surface area contributed by atoms with Crippen molar-refractivity contribution < 1.29 is 41.8 Å². The first-order valence-electron chi connectivity index (χ1n) is 7.18. The van der Waals surface area contributed by atoms with E-state index >= 15 is 0 Å². The summed E-state index contributed by atoms with van der Waals surface area (Å²) in [5.74, 6) is -2.61. The summed E-state index contributed by atoms with van der Waals surface area (Å²) in [5, 5.41) is 11.0. The van der Waals surface area contributed by atoms with E-state index in [0.717, 1.165) is 24.5 Å². The van der Waals surface area contributed by atoms with Gasteiger partial charge in [0.25, 0.3) is 5.91 Å². The minimum absolute atomic E-state index is 0.00610. The van der Waals surface area contributed by atoms with Gasteiger partial charge in [-0.1, -0.05) is 0 Å². The molecule has 0 spiro atoms. The largest absolute Gasteiger partial charge is 0.489 e. The highest BCUT2D eigenvalue weighted by atomic mass is 19.4. The molecule has 2 aromatic rings. The zero-order valence-electron chi connectivity index (χ0n) is 13.4. The molecule has 2 rings (SSSR count). The summed E-state index contributed by atoms with van der Waals surface area (Å²) < 4.78 is 53.6. The number of benzene rings is 1. The number of alkyl halides is 3. The van der Waals surface area contributed by atoms with Crippen LogP contribution in [0.25, 0.3) is 0 Å². The number of carboxylic acid groups (broad SMARTS) is 1. The van der Waals surface area contributed by atoms with Gasteiger partial charge < -0.3 is 24.3 Å². The molecule has 1 heterocycles. The average molecular weight is 373 g/mol. The topological polar surface area (TPSA) is 98.0 Å². The predicted octanol–water partition coefficient (Wildman–Crippen LogP) is 3.27. The minimum atomic E-state index is -4.62. The lowest BCUT2D eigenvalue weighted by Crippen LogP contribution is -2.15. The normalized spacial score (nSPS) is 11.2. The van der Waals surface area contributed by atoms with Gasteiger partial charge in [-0.25, -0.2) is 4.79 Å². The smallest absolute Gasteiger partial charge is 0.416 e.